The third-order valence-corrected chi connectivity index (χ3v) is 3.18. The Bertz CT molecular complexity index is 680. The Kier molecular flexibility index (Phi) is 6.59. The lowest BCUT2D eigenvalue weighted by atomic mass is 10.2. The number of nitrogens with zero attached hydrogens (tertiary/aromatic N) is 2. The zero-order chi connectivity index (χ0) is 16.1. The number of nitrogens with one attached hydrogen (secondary N) is 2. The van der Waals surface area contributed by atoms with Crippen molar-refractivity contribution in [3.05, 3.63) is 47.3 Å². The summed E-state index contributed by atoms with van der Waals surface area (Å²) < 4.78 is 6.42. The van der Waals surface area contributed by atoms with E-state index in [1.165, 1.54) is 7.11 Å². The molecule has 0 atom stereocenters. The number of urea groups is 1. The maximum absolute atomic E-state index is 11.9. The Morgan fingerprint density at radius 2 is 2.00 bits per heavy atom. The molecule has 0 saturated carbocycles. The van der Waals surface area contributed by atoms with E-state index in [1.807, 2.05) is 20.0 Å². The smallest absolute Gasteiger partial charge is 0.339 e. The Hall–Kier alpha value is -2.54. The molecular weight excluding hydrogens is 320 g/mol. The van der Waals surface area contributed by atoms with Crippen LogP contribution in [0.25, 0.3) is 0 Å². The Morgan fingerprint density at radius 3 is 2.61 bits per heavy atom. The fourth-order valence-electron chi connectivity index (χ4n) is 1.94. The van der Waals surface area contributed by atoms with Crippen LogP contribution in [0.1, 0.15) is 21.7 Å². The van der Waals surface area contributed by atoms with Gasteiger partial charge in [0.2, 0.25) is 0 Å². The largest absolute Gasteiger partial charge is 0.465 e. The van der Waals surface area contributed by atoms with Crippen LogP contribution in [0.4, 0.5) is 10.5 Å². The molecule has 2 aromatic rings. The van der Waals surface area contributed by atoms with E-state index in [0.717, 1.165) is 11.4 Å². The molecule has 124 valence electrons. The minimum absolute atomic E-state index is 0. The van der Waals surface area contributed by atoms with Gasteiger partial charge in [0.1, 0.15) is 0 Å². The van der Waals surface area contributed by atoms with Crippen molar-refractivity contribution >= 4 is 30.1 Å². The van der Waals surface area contributed by atoms with E-state index >= 15 is 0 Å². The number of rotatable bonds is 4. The Labute approximate surface area is 140 Å². The van der Waals surface area contributed by atoms with Crippen LogP contribution in [0.2, 0.25) is 0 Å². The summed E-state index contributed by atoms with van der Waals surface area (Å²) in [5.74, 6) is -0.503. The predicted octanol–water partition coefficient (Wildman–Crippen LogP) is 2.26. The summed E-state index contributed by atoms with van der Waals surface area (Å²) in [7, 11) is 3.13. The van der Waals surface area contributed by atoms with Crippen LogP contribution in [0.15, 0.2) is 30.3 Å². The summed E-state index contributed by atoms with van der Waals surface area (Å²) in [6.07, 6.45) is 0. The number of methoxy groups -OCH3 is 1. The van der Waals surface area contributed by atoms with Gasteiger partial charge in [-0.3, -0.25) is 4.68 Å². The van der Waals surface area contributed by atoms with Gasteiger partial charge in [-0.05, 0) is 25.1 Å². The van der Waals surface area contributed by atoms with Crippen molar-refractivity contribution in [1.82, 2.24) is 15.1 Å². The lowest BCUT2D eigenvalue weighted by Gasteiger charge is -2.10. The first kappa shape index (κ1) is 18.5. The molecule has 1 aromatic heterocycles. The molecule has 0 spiro atoms. The summed E-state index contributed by atoms with van der Waals surface area (Å²) in [4.78, 5) is 23.6. The molecule has 2 rings (SSSR count). The topological polar surface area (TPSA) is 85.2 Å². The number of aromatic nitrogens is 2. The van der Waals surface area contributed by atoms with E-state index in [0.29, 0.717) is 17.8 Å². The summed E-state index contributed by atoms with van der Waals surface area (Å²) in [6.45, 7) is 2.23. The first-order valence-electron chi connectivity index (χ1n) is 6.73. The molecule has 23 heavy (non-hydrogen) atoms. The number of amides is 2. The third kappa shape index (κ3) is 4.72. The van der Waals surface area contributed by atoms with Crippen molar-refractivity contribution in [2.75, 3.05) is 12.4 Å². The summed E-state index contributed by atoms with van der Waals surface area (Å²) in [5, 5.41) is 9.57. The summed E-state index contributed by atoms with van der Waals surface area (Å²) in [6, 6.07) is 8.12. The molecule has 0 aliphatic rings. The van der Waals surface area contributed by atoms with Crippen molar-refractivity contribution in [1.29, 1.82) is 0 Å². The molecule has 0 bridgehead atoms. The van der Waals surface area contributed by atoms with Crippen LogP contribution in [-0.4, -0.2) is 28.9 Å². The van der Waals surface area contributed by atoms with Gasteiger partial charge in [0, 0.05) is 12.7 Å². The number of ether oxygens (including phenoxy) is 1. The van der Waals surface area contributed by atoms with Gasteiger partial charge in [-0.15, -0.1) is 12.4 Å². The first-order valence-corrected chi connectivity index (χ1v) is 6.73. The zero-order valence-electron chi connectivity index (χ0n) is 13.1. The molecule has 1 aromatic carbocycles. The maximum atomic E-state index is 11.9. The van der Waals surface area contributed by atoms with Crippen molar-refractivity contribution in [3.8, 4) is 0 Å². The van der Waals surface area contributed by atoms with Gasteiger partial charge in [0.15, 0.2) is 0 Å². The average Bonchev–Trinajstić information content (AvgIpc) is 2.83. The lowest BCUT2D eigenvalue weighted by molar-refractivity contribution is 0.0602. The van der Waals surface area contributed by atoms with Gasteiger partial charge in [0.05, 0.1) is 30.6 Å². The number of benzene rings is 1. The second-order valence-electron chi connectivity index (χ2n) is 4.75. The number of anilines is 1. The molecule has 0 unspecified atom stereocenters. The molecular formula is C15H19ClN4O3. The number of aryl methyl sites for hydroxylation is 2. The van der Waals surface area contributed by atoms with Gasteiger partial charge < -0.3 is 15.4 Å². The molecule has 1 heterocycles. The van der Waals surface area contributed by atoms with E-state index in [9.17, 15) is 9.59 Å². The highest BCUT2D eigenvalue weighted by atomic mass is 35.5. The molecule has 8 heteroatoms. The molecule has 2 N–H and O–H groups in total. The number of carbonyl (C=O) groups excluding carboxylic acids is 2. The molecule has 0 aliphatic carbocycles. The van der Waals surface area contributed by atoms with Gasteiger partial charge in [-0.25, -0.2) is 9.59 Å². The third-order valence-electron chi connectivity index (χ3n) is 3.18. The number of para-hydroxylation sites is 1. The predicted molar refractivity (Wildman–Crippen MR) is 88.8 cm³/mol. The van der Waals surface area contributed by atoms with E-state index in [4.69, 9.17) is 0 Å². The SMILES string of the molecule is COC(=O)c1ccccc1NC(=O)NCc1cc(C)n(C)n1.Cl. The number of esters is 1. The number of hydrogen-bond acceptors (Lipinski definition) is 4. The van der Waals surface area contributed by atoms with Gasteiger partial charge in [-0.1, -0.05) is 12.1 Å². The van der Waals surface area contributed by atoms with Crippen LogP contribution in [0.3, 0.4) is 0 Å². The number of halogens is 1. The highest BCUT2D eigenvalue weighted by Crippen LogP contribution is 2.15. The summed E-state index contributed by atoms with van der Waals surface area (Å²) >= 11 is 0. The Balaban J connectivity index is 0.00000264. The minimum atomic E-state index is -0.503. The quantitative estimate of drug-likeness (QED) is 0.837. The fraction of sp³-hybridized carbons (Fsp3) is 0.267. The monoisotopic (exact) mass is 338 g/mol. The normalized spacial score (nSPS) is 9.70. The fourth-order valence-corrected chi connectivity index (χ4v) is 1.94. The molecule has 0 saturated heterocycles. The van der Waals surface area contributed by atoms with Gasteiger partial charge >= 0.3 is 12.0 Å². The van der Waals surface area contributed by atoms with Crippen LogP contribution >= 0.6 is 12.4 Å². The van der Waals surface area contributed by atoms with Crippen LogP contribution in [0, 0.1) is 6.92 Å². The molecule has 0 radical (unpaired) electrons. The van der Waals surface area contributed by atoms with Crippen LogP contribution in [-0.2, 0) is 18.3 Å². The second kappa shape index (κ2) is 8.19. The van der Waals surface area contributed by atoms with Crippen LogP contribution < -0.4 is 10.6 Å². The standard InChI is InChI=1S/C15H18N4O3.ClH/c1-10-8-11(18-19(10)2)9-16-15(21)17-13-7-5-4-6-12(13)14(20)22-3;/h4-8H,9H2,1-3H3,(H2,16,17,21);1H. The highest BCUT2D eigenvalue weighted by molar-refractivity contribution is 6.00. The van der Waals surface area contributed by atoms with Crippen molar-refractivity contribution in [2.45, 2.75) is 13.5 Å². The molecule has 0 fully saturated rings. The van der Waals surface area contributed by atoms with Crippen molar-refractivity contribution in [2.24, 2.45) is 7.05 Å². The highest BCUT2D eigenvalue weighted by Gasteiger charge is 2.13. The van der Waals surface area contributed by atoms with E-state index in [-0.39, 0.29) is 12.4 Å². The molecule has 0 aliphatic heterocycles. The van der Waals surface area contributed by atoms with E-state index in [1.54, 1.807) is 28.9 Å². The number of carbonyl (C=O) groups is 2. The molecule has 7 nitrogen and oxygen atoms in total. The van der Waals surface area contributed by atoms with Gasteiger partial charge in [-0.2, -0.15) is 5.10 Å². The van der Waals surface area contributed by atoms with Gasteiger partial charge in [0.25, 0.3) is 0 Å². The van der Waals surface area contributed by atoms with Crippen molar-refractivity contribution < 1.29 is 14.3 Å². The van der Waals surface area contributed by atoms with E-state index in [2.05, 4.69) is 20.5 Å². The minimum Gasteiger partial charge on any atom is -0.465 e. The van der Waals surface area contributed by atoms with E-state index < -0.39 is 12.0 Å². The van der Waals surface area contributed by atoms with Crippen LogP contribution in [0.5, 0.6) is 0 Å². The second-order valence-corrected chi connectivity index (χ2v) is 4.75. The summed E-state index contributed by atoms with van der Waals surface area (Å²) in [5.41, 5.74) is 2.46. The van der Waals surface area contributed by atoms with Crippen molar-refractivity contribution in [3.63, 3.8) is 0 Å². The lowest BCUT2D eigenvalue weighted by Crippen LogP contribution is -2.29. The molecule has 2 amide bonds. The number of hydrogen-bond donors (Lipinski definition) is 2. The first-order chi connectivity index (χ1) is 10.5. The zero-order valence-corrected chi connectivity index (χ0v) is 13.9. The Morgan fingerprint density at radius 1 is 1.30 bits per heavy atom. The average molecular weight is 339 g/mol. The maximum Gasteiger partial charge on any atom is 0.339 e.